The molecule has 0 amide bonds. The van der Waals surface area contributed by atoms with E-state index in [4.69, 9.17) is 5.11 Å². The van der Waals surface area contributed by atoms with Crippen LogP contribution < -0.4 is 0 Å². The summed E-state index contributed by atoms with van der Waals surface area (Å²) in [6, 6.07) is 7.67. The lowest BCUT2D eigenvalue weighted by atomic mass is 9.99. The minimum absolute atomic E-state index is 0.0500. The first-order valence-electron chi connectivity index (χ1n) is 6.91. The number of rotatable bonds is 6. The number of non-ortho nitro benzene ring substituents is 1. The van der Waals surface area contributed by atoms with Crippen LogP contribution in [0.5, 0.6) is 0 Å². The molecule has 0 aliphatic carbocycles. The molecule has 0 bridgehead atoms. The zero-order valence-electron chi connectivity index (χ0n) is 12.4. The zero-order valence-corrected chi connectivity index (χ0v) is 12.4. The van der Waals surface area contributed by atoms with Crippen LogP contribution in [0.25, 0.3) is 11.3 Å². The summed E-state index contributed by atoms with van der Waals surface area (Å²) in [6.07, 6.45) is 1.87. The molecule has 0 atom stereocenters. The lowest BCUT2D eigenvalue weighted by molar-refractivity contribution is -0.384. The third kappa shape index (κ3) is 3.76. The fourth-order valence-electron chi connectivity index (χ4n) is 2.22. The Morgan fingerprint density at radius 2 is 2.00 bits per heavy atom. The third-order valence-electron chi connectivity index (χ3n) is 3.39. The summed E-state index contributed by atoms with van der Waals surface area (Å²) in [5.41, 5.74) is 2.40. The van der Waals surface area contributed by atoms with E-state index in [1.807, 2.05) is 6.92 Å². The Morgan fingerprint density at radius 3 is 2.61 bits per heavy atom. The number of ketones is 1. The van der Waals surface area contributed by atoms with Crippen LogP contribution in [0.3, 0.4) is 0 Å². The largest absolute Gasteiger partial charge is 0.475 e. The minimum atomic E-state index is -1.49. The fourth-order valence-corrected chi connectivity index (χ4v) is 2.22. The highest BCUT2D eigenvalue weighted by Crippen LogP contribution is 2.27. The second-order valence-corrected chi connectivity index (χ2v) is 4.91. The first kappa shape index (κ1) is 16.3. The number of aromatic nitrogens is 1. The van der Waals surface area contributed by atoms with Crippen LogP contribution in [0.2, 0.25) is 0 Å². The molecular formula is C16H14N2O5. The smallest absolute Gasteiger partial charge is 0.372 e. The maximum atomic E-state index is 11.3. The summed E-state index contributed by atoms with van der Waals surface area (Å²) < 4.78 is 0. The number of aliphatic carboxylic acids is 1. The van der Waals surface area contributed by atoms with Gasteiger partial charge < -0.3 is 5.11 Å². The molecule has 23 heavy (non-hydrogen) atoms. The van der Waals surface area contributed by atoms with E-state index in [9.17, 15) is 19.7 Å². The highest BCUT2D eigenvalue weighted by molar-refractivity contribution is 6.33. The van der Waals surface area contributed by atoms with Gasteiger partial charge in [0, 0.05) is 30.3 Å². The van der Waals surface area contributed by atoms with Gasteiger partial charge in [-0.25, -0.2) is 4.79 Å². The molecule has 0 aliphatic heterocycles. The molecule has 0 fully saturated rings. The monoisotopic (exact) mass is 314 g/mol. The molecule has 0 radical (unpaired) electrons. The van der Waals surface area contributed by atoms with Crippen molar-refractivity contribution in [2.45, 2.75) is 19.8 Å². The predicted molar refractivity (Wildman–Crippen MR) is 82.1 cm³/mol. The molecule has 1 aromatic carbocycles. The van der Waals surface area contributed by atoms with Crippen molar-refractivity contribution in [2.24, 2.45) is 0 Å². The van der Waals surface area contributed by atoms with E-state index in [1.54, 1.807) is 18.2 Å². The van der Waals surface area contributed by atoms with Gasteiger partial charge >= 0.3 is 5.97 Å². The van der Waals surface area contributed by atoms with Gasteiger partial charge in [-0.2, -0.15) is 0 Å². The number of Topliss-reactive ketones (excluding diaryl/α,β-unsaturated/α-hetero) is 1. The molecule has 7 nitrogen and oxygen atoms in total. The van der Waals surface area contributed by atoms with Crippen molar-refractivity contribution in [2.75, 3.05) is 0 Å². The lowest BCUT2D eigenvalue weighted by Crippen LogP contribution is -2.15. The van der Waals surface area contributed by atoms with Gasteiger partial charge in [0.15, 0.2) is 0 Å². The molecule has 0 saturated carbocycles. The summed E-state index contributed by atoms with van der Waals surface area (Å²) in [4.78, 5) is 36.6. The number of nitrogens with zero attached hydrogens (tertiary/aromatic N) is 2. The quantitative estimate of drug-likeness (QED) is 0.498. The van der Waals surface area contributed by atoms with E-state index >= 15 is 0 Å². The normalized spacial score (nSPS) is 10.3. The van der Waals surface area contributed by atoms with Crippen LogP contribution in [0.15, 0.2) is 36.5 Å². The molecule has 0 aliphatic rings. The Bertz CT molecular complexity index is 786. The van der Waals surface area contributed by atoms with Gasteiger partial charge in [0.2, 0.25) is 5.78 Å². The Kier molecular flexibility index (Phi) is 4.80. The van der Waals surface area contributed by atoms with E-state index in [2.05, 4.69) is 4.98 Å². The fraction of sp³-hybridized carbons (Fsp3) is 0.188. The number of hydrogen-bond donors (Lipinski definition) is 1. The molecule has 0 spiro atoms. The Morgan fingerprint density at radius 1 is 1.26 bits per heavy atom. The van der Waals surface area contributed by atoms with Gasteiger partial charge in [-0.3, -0.25) is 19.9 Å². The summed E-state index contributed by atoms with van der Waals surface area (Å²) in [7, 11) is 0. The molecule has 1 N–H and O–H groups in total. The molecule has 118 valence electrons. The van der Waals surface area contributed by atoms with Crippen LogP contribution in [-0.2, 0) is 22.4 Å². The second kappa shape index (κ2) is 6.78. The SMILES string of the molecule is CCc1ccc([N+](=O)[O-])cc1-c1cc(CC(=O)C(=O)O)ccn1. The second-order valence-electron chi connectivity index (χ2n) is 4.91. The highest BCUT2D eigenvalue weighted by atomic mass is 16.6. The van der Waals surface area contributed by atoms with E-state index in [1.165, 1.54) is 18.3 Å². The molecule has 0 saturated heterocycles. The predicted octanol–water partition coefficient (Wildman–Crippen LogP) is 2.42. The van der Waals surface area contributed by atoms with Crippen LogP contribution >= 0.6 is 0 Å². The minimum Gasteiger partial charge on any atom is -0.475 e. The maximum absolute atomic E-state index is 11.3. The molecule has 0 unspecified atom stereocenters. The average Bonchev–Trinajstić information content (AvgIpc) is 2.54. The Balaban J connectivity index is 2.45. The van der Waals surface area contributed by atoms with Gasteiger partial charge in [0.05, 0.1) is 10.6 Å². The molecule has 1 heterocycles. The van der Waals surface area contributed by atoms with Gasteiger partial charge in [0.1, 0.15) is 0 Å². The van der Waals surface area contributed by atoms with E-state index in [0.717, 1.165) is 5.56 Å². The van der Waals surface area contributed by atoms with Gasteiger partial charge in [-0.1, -0.05) is 13.0 Å². The van der Waals surface area contributed by atoms with Crippen molar-refractivity contribution in [3.05, 3.63) is 57.8 Å². The number of nitro groups is 1. The van der Waals surface area contributed by atoms with Gasteiger partial charge in [-0.05, 0) is 29.7 Å². The van der Waals surface area contributed by atoms with Crippen molar-refractivity contribution in [3.63, 3.8) is 0 Å². The van der Waals surface area contributed by atoms with Crippen molar-refractivity contribution >= 4 is 17.4 Å². The van der Waals surface area contributed by atoms with E-state index in [0.29, 0.717) is 23.2 Å². The van der Waals surface area contributed by atoms with E-state index < -0.39 is 16.7 Å². The molecular weight excluding hydrogens is 300 g/mol. The first-order chi connectivity index (χ1) is 10.9. The summed E-state index contributed by atoms with van der Waals surface area (Å²) >= 11 is 0. The molecule has 2 aromatic rings. The number of carbonyl (C=O) groups excluding carboxylic acids is 1. The topological polar surface area (TPSA) is 110 Å². The number of carboxylic acid groups (broad SMARTS) is 1. The zero-order chi connectivity index (χ0) is 17.0. The van der Waals surface area contributed by atoms with Crippen LogP contribution in [0.4, 0.5) is 5.69 Å². The Hall–Kier alpha value is -3.09. The summed E-state index contributed by atoms with van der Waals surface area (Å²) in [5.74, 6) is -2.41. The number of pyridine rings is 1. The number of benzene rings is 1. The first-order valence-corrected chi connectivity index (χ1v) is 6.91. The van der Waals surface area contributed by atoms with Gasteiger partial charge in [-0.15, -0.1) is 0 Å². The molecule has 1 aromatic heterocycles. The summed E-state index contributed by atoms with van der Waals surface area (Å²) in [6.45, 7) is 1.92. The Labute approximate surface area is 131 Å². The number of nitro benzene ring substituents is 1. The van der Waals surface area contributed by atoms with Crippen molar-refractivity contribution in [1.82, 2.24) is 4.98 Å². The summed E-state index contributed by atoms with van der Waals surface area (Å²) in [5, 5.41) is 19.6. The lowest BCUT2D eigenvalue weighted by Gasteiger charge is -2.08. The number of carbonyl (C=O) groups is 2. The van der Waals surface area contributed by atoms with Gasteiger partial charge in [0.25, 0.3) is 5.69 Å². The van der Waals surface area contributed by atoms with E-state index in [-0.39, 0.29) is 12.1 Å². The maximum Gasteiger partial charge on any atom is 0.372 e. The average molecular weight is 314 g/mol. The van der Waals surface area contributed by atoms with Crippen LogP contribution in [-0.4, -0.2) is 26.8 Å². The highest BCUT2D eigenvalue weighted by Gasteiger charge is 2.15. The molecule has 2 rings (SSSR count). The number of carboxylic acids is 1. The number of hydrogen-bond acceptors (Lipinski definition) is 5. The number of aryl methyl sites for hydroxylation is 1. The van der Waals surface area contributed by atoms with Crippen molar-refractivity contribution in [1.29, 1.82) is 0 Å². The standard InChI is InChI=1S/C16H14N2O5/c1-2-11-3-4-12(18(22)23)9-13(11)14-7-10(5-6-17-14)8-15(19)16(20)21/h3-7,9H,2,8H2,1H3,(H,20,21). The van der Waals surface area contributed by atoms with Crippen LogP contribution in [0.1, 0.15) is 18.1 Å². The van der Waals surface area contributed by atoms with Crippen molar-refractivity contribution < 1.29 is 19.6 Å². The van der Waals surface area contributed by atoms with Crippen molar-refractivity contribution in [3.8, 4) is 11.3 Å². The third-order valence-corrected chi connectivity index (χ3v) is 3.39. The van der Waals surface area contributed by atoms with Crippen LogP contribution in [0, 0.1) is 10.1 Å². The molecule has 7 heteroatoms.